The molecule has 1 saturated carbocycles. The van der Waals surface area contributed by atoms with Crippen LogP contribution in [-0.4, -0.2) is 25.0 Å². The van der Waals surface area contributed by atoms with Gasteiger partial charge in [-0.1, -0.05) is 15.9 Å². The second-order valence-corrected chi connectivity index (χ2v) is 6.70. The Labute approximate surface area is 130 Å². The Balaban J connectivity index is 1.96. The lowest BCUT2D eigenvalue weighted by atomic mass is 9.91. The van der Waals surface area contributed by atoms with Gasteiger partial charge in [-0.3, -0.25) is 4.79 Å². The molecular weight excluding hydrogens is 372 g/mol. The third-order valence-corrected chi connectivity index (χ3v) is 4.83. The summed E-state index contributed by atoms with van der Waals surface area (Å²) in [5, 5.41) is 6.43. The van der Waals surface area contributed by atoms with Crippen LogP contribution in [0.3, 0.4) is 0 Å². The molecule has 0 aliphatic heterocycles. The molecule has 2 rings (SSSR count). The number of carbonyl (C=O) groups excluding carboxylic acids is 1. The molecule has 0 atom stereocenters. The molecule has 1 amide bonds. The fraction of sp³-hybridized carbons (Fsp3) is 0.500. The van der Waals surface area contributed by atoms with E-state index in [-0.39, 0.29) is 5.91 Å². The van der Waals surface area contributed by atoms with E-state index in [2.05, 4.69) is 42.5 Å². The molecule has 0 saturated heterocycles. The summed E-state index contributed by atoms with van der Waals surface area (Å²) in [6.07, 6.45) is 4.34. The maximum Gasteiger partial charge on any atom is 0.252 e. The molecule has 3 nitrogen and oxygen atoms in total. The van der Waals surface area contributed by atoms with E-state index in [1.54, 1.807) is 0 Å². The van der Waals surface area contributed by atoms with Gasteiger partial charge in [-0.15, -0.1) is 0 Å². The highest BCUT2D eigenvalue weighted by molar-refractivity contribution is 9.11. The van der Waals surface area contributed by atoms with Crippen molar-refractivity contribution in [1.29, 1.82) is 0 Å². The normalized spacial score (nSPS) is 23.1. The van der Waals surface area contributed by atoms with Crippen molar-refractivity contribution in [3.63, 3.8) is 0 Å². The average Bonchev–Trinajstić information content (AvgIpc) is 2.42. The second kappa shape index (κ2) is 6.86. The third-order valence-electron chi connectivity index (χ3n) is 3.64. The van der Waals surface area contributed by atoms with Crippen LogP contribution in [0.1, 0.15) is 36.0 Å². The van der Waals surface area contributed by atoms with Crippen LogP contribution >= 0.6 is 31.9 Å². The van der Waals surface area contributed by atoms with Gasteiger partial charge in [-0.25, -0.2) is 0 Å². The molecule has 104 valence electrons. The fourth-order valence-electron chi connectivity index (χ4n) is 2.46. The van der Waals surface area contributed by atoms with E-state index in [1.165, 1.54) is 0 Å². The zero-order valence-electron chi connectivity index (χ0n) is 10.9. The lowest BCUT2D eigenvalue weighted by molar-refractivity contribution is 0.0924. The number of hydrogen-bond acceptors (Lipinski definition) is 2. The maximum absolute atomic E-state index is 12.3. The van der Waals surface area contributed by atoms with Gasteiger partial charge in [-0.2, -0.15) is 0 Å². The van der Waals surface area contributed by atoms with Crippen LogP contribution in [0.25, 0.3) is 0 Å². The molecule has 19 heavy (non-hydrogen) atoms. The van der Waals surface area contributed by atoms with Gasteiger partial charge in [0.25, 0.3) is 5.91 Å². The second-order valence-electron chi connectivity index (χ2n) is 4.93. The van der Waals surface area contributed by atoms with Crippen LogP contribution in [-0.2, 0) is 0 Å². The molecular formula is C14H18Br2N2O. The zero-order valence-corrected chi connectivity index (χ0v) is 14.1. The maximum atomic E-state index is 12.3. The Hall–Kier alpha value is -0.390. The Morgan fingerprint density at radius 2 is 1.79 bits per heavy atom. The first-order chi connectivity index (χ1) is 9.10. The molecule has 0 aromatic heterocycles. The van der Waals surface area contributed by atoms with Crippen molar-refractivity contribution < 1.29 is 4.79 Å². The molecule has 0 bridgehead atoms. The van der Waals surface area contributed by atoms with E-state index in [4.69, 9.17) is 0 Å². The van der Waals surface area contributed by atoms with Gasteiger partial charge in [0, 0.05) is 21.0 Å². The summed E-state index contributed by atoms with van der Waals surface area (Å²) in [5.74, 6) is 0.00100. The summed E-state index contributed by atoms with van der Waals surface area (Å²) < 4.78 is 1.75. The highest BCUT2D eigenvalue weighted by Gasteiger charge is 2.22. The van der Waals surface area contributed by atoms with Gasteiger partial charge in [-0.05, 0) is 66.9 Å². The predicted octanol–water partition coefficient (Wildman–Crippen LogP) is 3.47. The lowest BCUT2D eigenvalue weighted by Crippen LogP contribution is -2.41. The van der Waals surface area contributed by atoms with Gasteiger partial charge in [0.1, 0.15) is 0 Å². The van der Waals surface area contributed by atoms with Crippen molar-refractivity contribution in [3.8, 4) is 0 Å². The number of halogens is 2. The quantitative estimate of drug-likeness (QED) is 0.830. The number of amides is 1. The van der Waals surface area contributed by atoms with Crippen molar-refractivity contribution in [3.05, 3.63) is 32.7 Å². The summed E-state index contributed by atoms with van der Waals surface area (Å²) in [6.45, 7) is 0. The zero-order chi connectivity index (χ0) is 13.8. The van der Waals surface area contributed by atoms with Gasteiger partial charge in [0.05, 0.1) is 5.56 Å². The van der Waals surface area contributed by atoms with E-state index < -0.39 is 0 Å². The summed E-state index contributed by atoms with van der Waals surface area (Å²) in [4.78, 5) is 12.3. The van der Waals surface area contributed by atoms with Gasteiger partial charge < -0.3 is 10.6 Å². The van der Waals surface area contributed by atoms with Crippen LogP contribution in [0.2, 0.25) is 0 Å². The third kappa shape index (κ3) is 4.04. The molecule has 0 radical (unpaired) electrons. The molecule has 0 heterocycles. The Morgan fingerprint density at radius 3 is 2.42 bits per heavy atom. The van der Waals surface area contributed by atoms with Gasteiger partial charge >= 0.3 is 0 Å². The Kier molecular flexibility index (Phi) is 5.42. The number of rotatable bonds is 3. The van der Waals surface area contributed by atoms with Crippen molar-refractivity contribution in [2.45, 2.75) is 37.8 Å². The first kappa shape index (κ1) is 15.0. The molecule has 1 aliphatic rings. The number of benzene rings is 1. The SMILES string of the molecule is CNC1CCC(NC(=O)c2cc(Br)ccc2Br)CC1. The molecule has 1 aromatic carbocycles. The average molecular weight is 390 g/mol. The smallest absolute Gasteiger partial charge is 0.252 e. The molecule has 0 spiro atoms. The van der Waals surface area contributed by atoms with Crippen LogP contribution < -0.4 is 10.6 Å². The van der Waals surface area contributed by atoms with E-state index in [0.29, 0.717) is 17.6 Å². The van der Waals surface area contributed by atoms with Crippen molar-refractivity contribution in [2.75, 3.05) is 7.05 Å². The van der Waals surface area contributed by atoms with Gasteiger partial charge in [0.2, 0.25) is 0 Å². The summed E-state index contributed by atoms with van der Waals surface area (Å²) in [7, 11) is 2.00. The summed E-state index contributed by atoms with van der Waals surface area (Å²) in [6, 6.07) is 6.54. The number of nitrogens with one attached hydrogen (secondary N) is 2. The lowest BCUT2D eigenvalue weighted by Gasteiger charge is -2.28. The van der Waals surface area contributed by atoms with Crippen LogP contribution in [0.5, 0.6) is 0 Å². The van der Waals surface area contributed by atoms with Crippen molar-refractivity contribution in [2.24, 2.45) is 0 Å². The number of hydrogen-bond donors (Lipinski definition) is 2. The first-order valence-electron chi connectivity index (χ1n) is 6.53. The first-order valence-corrected chi connectivity index (χ1v) is 8.12. The van der Waals surface area contributed by atoms with E-state index in [0.717, 1.165) is 34.6 Å². The van der Waals surface area contributed by atoms with Gasteiger partial charge in [0.15, 0.2) is 0 Å². The Bertz CT molecular complexity index is 457. The van der Waals surface area contributed by atoms with Crippen LogP contribution in [0.4, 0.5) is 0 Å². The van der Waals surface area contributed by atoms with Crippen molar-refractivity contribution >= 4 is 37.8 Å². The standard InChI is InChI=1S/C14H18Br2N2O/c1-17-10-3-5-11(6-4-10)18-14(19)12-8-9(15)2-7-13(12)16/h2,7-8,10-11,17H,3-6H2,1H3,(H,18,19). The summed E-state index contributed by atoms with van der Waals surface area (Å²) in [5.41, 5.74) is 0.685. The van der Waals surface area contributed by atoms with Crippen molar-refractivity contribution in [1.82, 2.24) is 10.6 Å². The fourth-order valence-corrected chi connectivity index (χ4v) is 3.25. The van der Waals surface area contributed by atoms with Crippen LogP contribution in [0.15, 0.2) is 27.1 Å². The Morgan fingerprint density at radius 1 is 1.16 bits per heavy atom. The van der Waals surface area contributed by atoms with E-state index in [1.807, 2.05) is 25.2 Å². The van der Waals surface area contributed by atoms with E-state index in [9.17, 15) is 4.79 Å². The minimum Gasteiger partial charge on any atom is -0.349 e. The molecule has 0 unspecified atom stereocenters. The summed E-state index contributed by atoms with van der Waals surface area (Å²) >= 11 is 6.82. The minimum absolute atomic E-state index is 0.00100. The van der Waals surface area contributed by atoms with Crippen LogP contribution in [0, 0.1) is 0 Å². The monoisotopic (exact) mass is 388 g/mol. The molecule has 1 fully saturated rings. The molecule has 2 N–H and O–H groups in total. The molecule has 1 aliphatic carbocycles. The topological polar surface area (TPSA) is 41.1 Å². The predicted molar refractivity (Wildman–Crippen MR) is 84.4 cm³/mol. The minimum atomic E-state index is 0.00100. The highest BCUT2D eigenvalue weighted by Crippen LogP contribution is 2.23. The van der Waals surface area contributed by atoms with E-state index >= 15 is 0 Å². The molecule has 5 heteroatoms. The highest BCUT2D eigenvalue weighted by atomic mass is 79.9. The molecule has 1 aromatic rings. The number of carbonyl (C=O) groups is 1. The largest absolute Gasteiger partial charge is 0.349 e.